The third kappa shape index (κ3) is 5.10. The van der Waals surface area contributed by atoms with Crippen molar-refractivity contribution >= 4 is 33.3 Å². The van der Waals surface area contributed by atoms with Crippen LogP contribution in [0.2, 0.25) is 0 Å². The van der Waals surface area contributed by atoms with Gasteiger partial charge in [-0.1, -0.05) is 18.7 Å². The molecule has 2 rings (SSSR count). The van der Waals surface area contributed by atoms with Crippen LogP contribution in [0.15, 0.2) is 41.8 Å². The molecule has 1 N–H and O–H groups in total. The van der Waals surface area contributed by atoms with Crippen LogP contribution in [-0.2, 0) is 16.6 Å². The molecule has 1 aromatic heterocycles. The molecule has 0 amide bonds. The number of anilines is 1. The monoisotopic (exact) mass is 367 g/mol. The SMILES string of the molecule is CCCn1ccnc1S[C@H](C)C(=O)c1ccc(NS(C)(=O)=O)cc1. The summed E-state index contributed by atoms with van der Waals surface area (Å²) in [5, 5.41) is 0.546. The largest absolute Gasteiger partial charge is 0.326 e. The van der Waals surface area contributed by atoms with Gasteiger partial charge in [-0.05, 0) is 37.6 Å². The first-order chi connectivity index (χ1) is 11.3. The molecule has 0 fully saturated rings. The molecule has 0 aliphatic carbocycles. The van der Waals surface area contributed by atoms with Gasteiger partial charge >= 0.3 is 0 Å². The number of aromatic nitrogens is 2. The average Bonchev–Trinajstić information content (AvgIpc) is 2.93. The number of rotatable bonds is 8. The van der Waals surface area contributed by atoms with Crippen molar-refractivity contribution < 1.29 is 13.2 Å². The Bertz CT molecular complexity index is 798. The molecule has 0 radical (unpaired) electrons. The van der Waals surface area contributed by atoms with Crippen LogP contribution in [-0.4, -0.2) is 35.3 Å². The van der Waals surface area contributed by atoms with E-state index in [1.807, 2.05) is 17.7 Å². The summed E-state index contributed by atoms with van der Waals surface area (Å²) in [5.74, 6) is -0.0167. The van der Waals surface area contributed by atoms with E-state index in [9.17, 15) is 13.2 Å². The van der Waals surface area contributed by atoms with Crippen LogP contribution in [0.1, 0.15) is 30.6 Å². The second kappa shape index (κ2) is 7.85. The van der Waals surface area contributed by atoms with Gasteiger partial charge in [0, 0.05) is 30.2 Å². The zero-order valence-electron chi connectivity index (χ0n) is 13.9. The molecule has 1 aromatic carbocycles. The maximum absolute atomic E-state index is 12.5. The van der Waals surface area contributed by atoms with Gasteiger partial charge in [-0.25, -0.2) is 13.4 Å². The normalized spacial score (nSPS) is 12.8. The molecule has 8 heteroatoms. The molecule has 6 nitrogen and oxygen atoms in total. The Balaban J connectivity index is 2.06. The van der Waals surface area contributed by atoms with E-state index in [2.05, 4.69) is 16.6 Å². The fourth-order valence-electron chi connectivity index (χ4n) is 2.19. The maximum atomic E-state index is 12.5. The molecule has 0 unspecified atom stereocenters. The number of sulfonamides is 1. The summed E-state index contributed by atoms with van der Waals surface area (Å²) in [6.45, 7) is 4.81. The van der Waals surface area contributed by atoms with E-state index >= 15 is 0 Å². The first-order valence-electron chi connectivity index (χ1n) is 7.60. The highest BCUT2D eigenvalue weighted by atomic mass is 32.2. The number of hydrogen-bond acceptors (Lipinski definition) is 5. The van der Waals surface area contributed by atoms with Crippen molar-refractivity contribution in [3.05, 3.63) is 42.2 Å². The van der Waals surface area contributed by atoms with Crippen LogP contribution in [0.5, 0.6) is 0 Å². The number of carbonyl (C=O) groups is 1. The predicted octanol–water partition coefficient (Wildman–Crippen LogP) is 3.03. The van der Waals surface area contributed by atoms with Gasteiger partial charge in [-0.3, -0.25) is 9.52 Å². The topological polar surface area (TPSA) is 81.1 Å². The van der Waals surface area contributed by atoms with Gasteiger partial charge in [-0.15, -0.1) is 0 Å². The summed E-state index contributed by atoms with van der Waals surface area (Å²) < 4.78 is 26.8. The number of nitrogens with zero attached hydrogens (tertiary/aromatic N) is 2. The quantitative estimate of drug-likeness (QED) is 0.573. The van der Waals surface area contributed by atoms with Crippen LogP contribution >= 0.6 is 11.8 Å². The lowest BCUT2D eigenvalue weighted by Crippen LogP contribution is -2.15. The van der Waals surface area contributed by atoms with Gasteiger partial charge in [0.1, 0.15) is 0 Å². The Labute approximate surface area is 146 Å². The van der Waals surface area contributed by atoms with Crippen molar-refractivity contribution in [1.82, 2.24) is 9.55 Å². The molecule has 0 bridgehead atoms. The maximum Gasteiger partial charge on any atom is 0.229 e. The minimum atomic E-state index is -3.32. The third-order valence-electron chi connectivity index (χ3n) is 3.27. The van der Waals surface area contributed by atoms with Crippen molar-refractivity contribution in [2.75, 3.05) is 11.0 Å². The standard InChI is InChI=1S/C16H21N3O3S2/c1-4-10-19-11-9-17-16(19)23-12(2)15(20)13-5-7-14(8-6-13)18-24(3,21)22/h5-9,11-12,18H,4,10H2,1-3H3/t12-/m1/s1. The number of Topliss-reactive ketones (excluding diaryl/α,β-unsaturated/α-hetero) is 1. The predicted molar refractivity (Wildman–Crippen MR) is 97.1 cm³/mol. The van der Waals surface area contributed by atoms with E-state index in [4.69, 9.17) is 0 Å². The zero-order valence-corrected chi connectivity index (χ0v) is 15.5. The zero-order chi connectivity index (χ0) is 17.7. The van der Waals surface area contributed by atoms with Crippen LogP contribution in [0.25, 0.3) is 0 Å². The van der Waals surface area contributed by atoms with E-state index in [1.54, 1.807) is 30.5 Å². The summed E-state index contributed by atoms with van der Waals surface area (Å²) in [7, 11) is -3.32. The molecule has 1 atom stereocenters. The van der Waals surface area contributed by atoms with Crippen molar-refractivity contribution in [3.63, 3.8) is 0 Å². The molecular formula is C16H21N3O3S2. The van der Waals surface area contributed by atoms with Gasteiger partial charge in [0.2, 0.25) is 10.0 Å². The summed E-state index contributed by atoms with van der Waals surface area (Å²) in [6.07, 6.45) is 5.74. The molecular weight excluding hydrogens is 346 g/mol. The Kier molecular flexibility index (Phi) is 6.06. The summed E-state index contributed by atoms with van der Waals surface area (Å²) in [4.78, 5) is 16.8. The second-order valence-electron chi connectivity index (χ2n) is 5.48. The van der Waals surface area contributed by atoms with E-state index in [1.165, 1.54) is 11.8 Å². The highest BCUT2D eigenvalue weighted by Crippen LogP contribution is 2.25. The van der Waals surface area contributed by atoms with Crippen molar-refractivity contribution in [3.8, 4) is 0 Å². The number of hydrogen-bond donors (Lipinski definition) is 1. The average molecular weight is 367 g/mol. The fourth-order valence-corrected chi connectivity index (χ4v) is 3.72. The third-order valence-corrected chi connectivity index (χ3v) is 4.99. The fraction of sp³-hybridized carbons (Fsp3) is 0.375. The highest BCUT2D eigenvalue weighted by molar-refractivity contribution is 8.00. The van der Waals surface area contributed by atoms with Crippen molar-refractivity contribution in [2.45, 2.75) is 37.2 Å². The van der Waals surface area contributed by atoms with Crippen LogP contribution in [0, 0.1) is 0 Å². The molecule has 0 saturated carbocycles. The molecule has 130 valence electrons. The molecule has 1 heterocycles. The Hall–Kier alpha value is -1.80. The smallest absolute Gasteiger partial charge is 0.229 e. The molecule has 24 heavy (non-hydrogen) atoms. The van der Waals surface area contributed by atoms with Crippen molar-refractivity contribution in [1.29, 1.82) is 0 Å². The number of benzene rings is 1. The molecule has 0 spiro atoms. The lowest BCUT2D eigenvalue weighted by molar-refractivity contribution is 0.0994. The van der Waals surface area contributed by atoms with Gasteiger partial charge in [-0.2, -0.15) is 0 Å². The summed E-state index contributed by atoms with van der Waals surface area (Å²) >= 11 is 1.42. The van der Waals surface area contributed by atoms with Gasteiger partial charge in [0.15, 0.2) is 10.9 Å². The van der Waals surface area contributed by atoms with Crippen molar-refractivity contribution in [2.24, 2.45) is 0 Å². The van der Waals surface area contributed by atoms with Gasteiger partial charge in [0.05, 0.1) is 11.5 Å². The number of nitrogens with one attached hydrogen (secondary N) is 1. The van der Waals surface area contributed by atoms with E-state index in [0.29, 0.717) is 11.3 Å². The number of imidazole rings is 1. The highest BCUT2D eigenvalue weighted by Gasteiger charge is 2.19. The Morgan fingerprint density at radius 1 is 1.33 bits per heavy atom. The van der Waals surface area contributed by atoms with E-state index in [-0.39, 0.29) is 11.0 Å². The minimum Gasteiger partial charge on any atom is -0.326 e. The van der Waals surface area contributed by atoms with E-state index in [0.717, 1.165) is 24.4 Å². The van der Waals surface area contributed by atoms with Gasteiger partial charge in [0.25, 0.3) is 0 Å². The molecule has 0 saturated heterocycles. The van der Waals surface area contributed by atoms with Crippen LogP contribution in [0.4, 0.5) is 5.69 Å². The Morgan fingerprint density at radius 2 is 2.00 bits per heavy atom. The lowest BCUT2D eigenvalue weighted by Gasteiger charge is -2.12. The molecule has 0 aliphatic rings. The first-order valence-corrected chi connectivity index (χ1v) is 10.4. The minimum absolute atomic E-state index is 0.0167. The number of carbonyl (C=O) groups excluding carboxylic acids is 1. The summed E-state index contributed by atoms with van der Waals surface area (Å²) in [5.41, 5.74) is 0.982. The van der Waals surface area contributed by atoms with E-state index < -0.39 is 10.0 Å². The molecule has 2 aromatic rings. The first kappa shape index (κ1) is 18.5. The second-order valence-corrected chi connectivity index (χ2v) is 8.54. The number of aryl methyl sites for hydroxylation is 1. The van der Waals surface area contributed by atoms with Crippen LogP contribution < -0.4 is 4.72 Å². The number of ketones is 1. The lowest BCUT2D eigenvalue weighted by atomic mass is 10.1. The van der Waals surface area contributed by atoms with Gasteiger partial charge < -0.3 is 4.57 Å². The number of thioether (sulfide) groups is 1. The van der Waals surface area contributed by atoms with Crippen LogP contribution in [0.3, 0.4) is 0 Å². The molecule has 0 aliphatic heterocycles. The summed E-state index contributed by atoms with van der Waals surface area (Å²) in [6, 6.07) is 6.43. The Morgan fingerprint density at radius 3 is 2.58 bits per heavy atom.